The molecule has 1 aromatic heterocycles. The molecule has 1 amide bonds. The minimum Gasteiger partial charge on any atom is -0.457 e. The van der Waals surface area contributed by atoms with E-state index >= 15 is 0 Å². The number of nitrogens with one attached hydrogen (secondary N) is 1. The zero-order chi connectivity index (χ0) is 21.4. The number of unbranched alkanes of at least 4 members (excludes halogenated alkanes) is 1. The molecule has 0 fully saturated rings. The van der Waals surface area contributed by atoms with Gasteiger partial charge in [0, 0.05) is 18.9 Å². The van der Waals surface area contributed by atoms with Crippen molar-refractivity contribution in [3.8, 4) is 0 Å². The molecular weight excluding hydrogens is 366 g/mol. The molecule has 0 saturated carbocycles. The Bertz CT molecular complexity index is 644. The first-order valence-electron chi connectivity index (χ1n) is 9.26. The Morgan fingerprint density at radius 2 is 1.68 bits per heavy atom. The second kappa shape index (κ2) is 10.1. The normalized spacial score (nSPS) is 12.8. The number of carbonyl (C=O) groups is 3. The van der Waals surface area contributed by atoms with Crippen LogP contribution in [-0.2, 0) is 19.0 Å². The molecule has 1 heterocycles. The first-order valence-corrected chi connectivity index (χ1v) is 9.26. The van der Waals surface area contributed by atoms with E-state index in [9.17, 15) is 14.4 Å². The van der Waals surface area contributed by atoms with Crippen molar-refractivity contribution in [2.75, 3.05) is 6.54 Å². The maximum atomic E-state index is 12.4. The number of carbonyl (C=O) groups excluding carboxylic acids is 3. The van der Waals surface area contributed by atoms with Gasteiger partial charge in [0.05, 0.1) is 0 Å². The number of aromatic nitrogens is 2. The van der Waals surface area contributed by atoms with Crippen molar-refractivity contribution in [3.05, 3.63) is 18.7 Å². The van der Waals surface area contributed by atoms with Crippen molar-refractivity contribution in [2.45, 2.75) is 78.1 Å². The molecule has 28 heavy (non-hydrogen) atoms. The van der Waals surface area contributed by atoms with E-state index in [1.807, 2.05) is 0 Å². The fraction of sp³-hybridized carbons (Fsp3) is 0.684. The van der Waals surface area contributed by atoms with Gasteiger partial charge >= 0.3 is 18.2 Å². The van der Waals surface area contributed by atoms with Crippen LogP contribution in [0.25, 0.3) is 0 Å². The summed E-state index contributed by atoms with van der Waals surface area (Å²) >= 11 is 0. The quantitative estimate of drug-likeness (QED) is 0.427. The summed E-state index contributed by atoms with van der Waals surface area (Å²) in [5.74, 6) is -0.610. The summed E-state index contributed by atoms with van der Waals surface area (Å²) in [7, 11) is 0. The van der Waals surface area contributed by atoms with Gasteiger partial charge in [-0.2, -0.15) is 0 Å². The fourth-order valence-corrected chi connectivity index (χ4v) is 2.10. The summed E-state index contributed by atoms with van der Waals surface area (Å²) in [6, 6.07) is 0. The molecule has 1 rings (SSSR count). The lowest BCUT2D eigenvalue weighted by molar-refractivity contribution is -0.165. The molecule has 1 aromatic rings. The van der Waals surface area contributed by atoms with Crippen molar-refractivity contribution in [1.82, 2.24) is 14.9 Å². The monoisotopic (exact) mass is 397 g/mol. The SMILES string of the molecule is CC(C)(C)OC(=O)NCCCCC(OC(=O)n1ccnc1)C(=O)OC(C)(C)C. The molecule has 9 nitrogen and oxygen atoms in total. The highest BCUT2D eigenvalue weighted by Gasteiger charge is 2.28. The number of rotatable bonds is 7. The van der Waals surface area contributed by atoms with Crippen molar-refractivity contribution < 1.29 is 28.6 Å². The molecule has 0 bridgehead atoms. The zero-order valence-corrected chi connectivity index (χ0v) is 17.5. The maximum Gasteiger partial charge on any atom is 0.420 e. The molecule has 0 aromatic carbocycles. The highest BCUT2D eigenvalue weighted by atomic mass is 16.6. The Hall–Kier alpha value is -2.58. The van der Waals surface area contributed by atoms with Gasteiger partial charge in [-0.3, -0.25) is 0 Å². The Morgan fingerprint density at radius 3 is 2.21 bits per heavy atom. The number of esters is 1. The van der Waals surface area contributed by atoms with Gasteiger partial charge < -0.3 is 19.5 Å². The molecule has 0 radical (unpaired) electrons. The molecule has 0 aliphatic heterocycles. The summed E-state index contributed by atoms with van der Waals surface area (Å²) in [6.07, 6.45) is 3.30. The van der Waals surface area contributed by atoms with Gasteiger partial charge in [-0.15, -0.1) is 0 Å². The van der Waals surface area contributed by atoms with E-state index in [4.69, 9.17) is 14.2 Å². The molecule has 1 N–H and O–H groups in total. The van der Waals surface area contributed by atoms with Crippen molar-refractivity contribution >= 4 is 18.2 Å². The smallest absolute Gasteiger partial charge is 0.420 e. The van der Waals surface area contributed by atoms with E-state index in [0.29, 0.717) is 19.4 Å². The Morgan fingerprint density at radius 1 is 1.04 bits per heavy atom. The summed E-state index contributed by atoms with van der Waals surface area (Å²) in [5, 5.41) is 2.65. The first-order chi connectivity index (χ1) is 12.9. The van der Waals surface area contributed by atoms with Crippen LogP contribution in [0.3, 0.4) is 0 Å². The summed E-state index contributed by atoms with van der Waals surface area (Å²) in [5.41, 5.74) is -1.26. The molecular formula is C19H31N3O6. The third kappa shape index (κ3) is 9.94. The van der Waals surface area contributed by atoms with Crippen molar-refractivity contribution in [1.29, 1.82) is 0 Å². The zero-order valence-electron chi connectivity index (χ0n) is 17.5. The number of alkyl carbamates (subject to hydrolysis) is 1. The van der Waals surface area contributed by atoms with E-state index in [2.05, 4.69) is 10.3 Å². The summed E-state index contributed by atoms with van der Waals surface area (Å²) < 4.78 is 16.9. The molecule has 0 saturated heterocycles. The summed E-state index contributed by atoms with van der Waals surface area (Å²) in [6.45, 7) is 11.0. The molecule has 0 spiro atoms. The first kappa shape index (κ1) is 23.5. The van der Waals surface area contributed by atoms with Crippen molar-refractivity contribution in [2.24, 2.45) is 0 Å². The molecule has 0 aliphatic rings. The number of nitrogens with zero attached hydrogens (tertiary/aromatic N) is 2. The van der Waals surface area contributed by atoms with E-state index in [1.165, 1.54) is 18.7 Å². The molecule has 158 valence electrons. The van der Waals surface area contributed by atoms with E-state index in [-0.39, 0.29) is 6.42 Å². The van der Waals surface area contributed by atoms with E-state index < -0.39 is 35.5 Å². The maximum absolute atomic E-state index is 12.4. The molecule has 9 heteroatoms. The van der Waals surface area contributed by atoms with Crippen LogP contribution in [0, 0.1) is 0 Å². The van der Waals surface area contributed by atoms with Gasteiger partial charge in [0.1, 0.15) is 17.5 Å². The third-order valence-electron chi connectivity index (χ3n) is 3.19. The standard InChI is InChI=1S/C19H31N3O6/c1-18(2,3)27-15(23)14(26-17(25)22-12-11-20-13-22)9-7-8-10-21-16(24)28-19(4,5)6/h11-14H,7-10H2,1-6H3,(H,21,24). The predicted octanol–water partition coefficient (Wildman–Crippen LogP) is 3.27. The highest BCUT2D eigenvalue weighted by Crippen LogP contribution is 2.15. The predicted molar refractivity (Wildman–Crippen MR) is 102 cm³/mol. The number of ether oxygens (including phenoxy) is 3. The van der Waals surface area contributed by atoms with Crippen LogP contribution in [0.2, 0.25) is 0 Å². The number of hydrogen-bond donors (Lipinski definition) is 1. The van der Waals surface area contributed by atoms with Crippen LogP contribution in [0.4, 0.5) is 9.59 Å². The lowest BCUT2D eigenvalue weighted by Gasteiger charge is -2.24. The second-order valence-electron chi connectivity index (χ2n) is 8.30. The van der Waals surface area contributed by atoms with Gasteiger partial charge in [-0.1, -0.05) is 0 Å². The van der Waals surface area contributed by atoms with Crippen LogP contribution in [-0.4, -0.2) is 51.6 Å². The van der Waals surface area contributed by atoms with Gasteiger partial charge in [0.25, 0.3) is 0 Å². The van der Waals surface area contributed by atoms with Gasteiger partial charge in [-0.25, -0.2) is 23.9 Å². The molecule has 0 aliphatic carbocycles. The van der Waals surface area contributed by atoms with Gasteiger partial charge in [0.15, 0.2) is 0 Å². The largest absolute Gasteiger partial charge is 0.457 e. The van der Waals surface area contributed by atoms with E-state index in [0.717, 1.165) is 4.57 Å². The Labute approximate surface area is 165 Å². The number of amides is 1. The van der Waals surface area contributed by atoms with Gasteiger partial charge in [-0.05, 0) is 60.8 Å². The minimum atomic E-state index is -1.05. The van der Waals surface area contributed by atoms with Crippen LogP contribution in [0.1, 0.15) is 60.8 Å². The van der Waals surface area contributed by atoms with Crippen LogP contribution < -0.4 is 5.32 Å². The minimum absolute atomic E-state index is 0.269. The summed E-state index contributed by atoms with van der Waals surface area (Å²) in [4.78, 5) is 39.9. The Balaban J connectivity index is 2.52. The average molecular weight is 397 g/mol. The van der Waals surface area contributed by atoms with E-state index in [1.54, 1.807) is 41.5 Å². The van der Waals surface area contributed by atoms with Gasteiger partial charge in [0.2, 0.25) is 6.10 Å². The lowest BCUT2D eigenvalue weighted by atomic mass is 10.1. The fourth-order valence-electron chi connectivity index (χ4n) is 2.10. The molecule has 1 unspecified atom stereocenters. The van der Waals surface area contributed by atoms with Crippen LogP contribution >= 0.6 is 0 Å². The average Bonchev–Trinajstić information content (AvgIpc) is 3.04. The topological polar surface area (TPSA) is 109 Å². The lowest BCUT2D eigenvalue weighted by Crippen LogP contribution is -2.36. The third-order valence-corrected chi connectivity index (χ3v) is 3.19. The van der Waals surface area contributed by atoms with Crippen LogP contribution in [0.5, 0.6) is 0 Å². The number of imidazole rings is 1. The van der Waals surface area contributed by atoms with Crippen molar-refractivity contribution in [3.63, 3.8) is 0 Å². The second-order valence-corrected chi connectivity index (χ2v) is 8.30. The molecule has 1 atom stereocenters. The highest BCUT2D eigenvalue weighted by molar-refractivity contribution is 5.79. The van der Waals surface area contributed by atoms with Crippen LogP contribution in [0.15, 0.2) is 18.7 Å². The Kier molecular flexibility index (Phi) is 8.46. The number of hydrogen-bond acceptors (Lipinski definition) is 7.